The van der Waals surface area contributed by atoms with Crippen molar-refractivity contribution >= 4 is 5.97 Å². The van der Waals surface area contributed by atoms with Crippen molar-refractivity contribution in [2.75, 3.05) is 0 Å². The lowest BCUT2D eigenvalue weighted by atomic mass is 9.41. The van der Waals surface area contributed by atoms with Gasteiger partial charge in [-0.3, -0.25) is 4.79 Å². The van der Waals surface area contributed by atoms with Crippen molar-refractivity contribution in [3.8, 4) is 0 Å². The molecular formula is C29H48O2. The smallest absolute Gasteiger partial charge is 0.309 e. The summed E-state index contributed by atoms with van der Waals surface area (Å²) >= 11 is 0. The zero-order valence-electron chi connectivity index (χ0n) is 21.2. The maximum absolute atomic E-state index is 12.3. The molecule has 0 bridgehead atoms. The van der Waals surface area contributed by atoms with Gasteiger partial charge in [0.1, 0.15) is 0 Å². The number of carboxylic acids is 1. The number of allylic oxidation sites excluding steroid dienone is 2. The van der Waals surface area contributed by atoms with E-state index in [-0.39, 0.29) is 5.41 Å². The third-order valence-corrected chi connectivity index (χ3v) is 11.3. The van der Waals surface area contributed by atoms with Crippen LogP contribution in [0.4, 0.5) is 0 Å². The zero-order chi connectivity index (χ0) is 22.6. The molecule has 5 aliphatic rings. The van der Waals surface area contributed by atoms with E-state index in [1.165, 1.54) is 51.4 Å². The number of aliphatic carboxylic acids is 1. The predicted octanol–water partition coefficient (Wildman–Crippen LogP) is 8.12. The molecule has 0 aromatic rings. The topological polar surface area (TPSA) is 37.3 Å². The molecule has 4 fully saturated rings. The molecule has 0 aromatic heterocycles. The standard InChI is InChI=1S/C27H42O2.C2H6/c1-17-7-5-13-25(2)16-12-18-19-9-11-22-26(3,14-6-15-27(22,4)24(28)29)21(19)10-8-20(18)23(17)25;1-2/h8,17-19,21-23H,5-7,9-16H2,1-4H3,(H,28,29);1-2H3/t17?,18?,19?,21?,22?,23?,25?,26?,27-;/m0./s1. The molecule has 2 nitrogen and oxygen atoms in total. The molecule has 9 atom stereocenters. The van der Waals surface area contributed by atoms with Gasteiger partial charge in [-0.25, -0.2) is 0 Å². The van der Waals surface area contributed by atoms with Crippen molar-refractivity contribution in [1.29, 1.82) is 0 Å². The summed E-state index contributed by atoms with van der Waals surface area (Å²) in [7, 11) is 0. The molecule has 31 heavy (non-hydrogen) atoms. The normalized spacial score (nSPS) is 51.0. The molecule has 1 N–H and O–H groups in total. The fourth-order valence-corrected chi connectivity index (χ4v) is 9.97. The largest absolute Gasteiger partial charge is 0.481 e. The summed E-state index contributed by atoms with van der Waals surface area (Å²) in [6.45, 7) is 13.7. The van der Waals surface area contributed by atoms with Crippen molar-refractivity contribution in [2.24, 2.45) is 51.8 Å². The van der Waals surface area contributed by atoms with Gasteiger partial charge in [-0.1, -0.05) is 65.5 Å². The van der Waals surface area contributed by atoms with Crippen molar-refractivity contribution in [3.63, 3.8) is 0 Å². The first-order valence-corrected chi connectivity index (χ1v) is 13.6. The first-order chi connectivity index (χ1) is 14.7. The molecule has 0 aliphatic heterocycles. The minimum absolute atomic E-state index is 0.218. The molecule has 176 valence electrons. The summed E-state index contributed by atoms with van der Waals surface area (Å²) in [5.41, 5.74) is 2.10. The fraction of sp³-hybridized carbons (Fsp3) is 0.897. The third-order valence-electron chi connectivity index (χ3n) is 11.3. The summed E-state index contributed by atoms with van der Waals surface area (Å²) in [4.78, 5) is 12.3. The van der Waals surface area contributed by atoms with Gasteiger partial charge in [-0.15, -0.1) is 0 Å². The van der Waals surface area contributed by atoms with Crippen LogP contribution < -0.4 is 0 Å². The van der Waals surface area contributed by atoms with Gasteiger partial charge in [-0.2, -0.15) is 0 Å². The van der Waals surface area contributed by atoms with E-state index < -0.39 is 11.4 Å². The highest BCUT2D eigenvalue weighted by molar-refractivity contribution is 5.75. The van der Waals surface area contributed by atoms with Crippen LogP contribution in [0.15, 0.2) is 11.6 Å². The minimum Gasteiger partial charge on any atom is -0.481 e. The van der Waals surface area contributed by atoms with Crippen LogP contribution in [0.25, 0.3) is 0 Å². The average molecular weight is 429 g/mol. The molecule has 0 saturated heterocycles. The van der Waals surface area contributed by atoms with Gasteiger partial charge in [0.05, 0.1) is 5.41 Å². The summed E-state index contributed by atoms with van der Waals surface area (Å²) in [5, 5.41) is 10.1. The van der Waals surface area contributed by atoms with E-state index in [0.29, 0.717) is 17.3 Å². The molecule has 0 spiro atoms. The van der Waals surface area contributed by atoms with E-state index in [1.54, 1.807) is 0 Å². The number of rotatable bonds is 1. The maximum atomic E-state index is 12.3. The predicted molar refractivity (Wildman–Crippen MR) is 129 cm³/mol. The highest BCUT2D eigenvalue weighted by Gasteiger charge is 2.61. The monoisotopic (exact) mass is 428 g/mol. The Morgan fingerprint density at radius 2 is 1.71 bits per heavy atom. The lowest BCUT2D eigenvalue weighted by Gasteiger charge is -2.63. The Labute approximate surface area is 191 Å². The Morgan fingerprint density at radius 3 is 2.42 bits per heavy atom. The number of carbonyl (C=O) groups is 1. The summed E-state index contributed by atoms with van der Waals surface area (Å²) < 4.78 is 0. The summed E-state index contributed by atoms with van der Waals surface area (Å²) in [6, 6.07) is 0. The molecular weight excluding hydrogens is 380 g/mol. The summed E-state index contributed by atoms with van der Waals surface area (Å²) in [6.07, 6.45) is 16.6. The first-order valence-electron chi connectivity index (χ1n) is 13.6. The van der Waals surface area contributed by atoms with Crippen molar-refractivity contribution < 1.29 is 9.90 Å². The van der Waals surface area contributed by atoms with E-state index in [2.05, 4.69) is 33.8 Å². The highest BCUT2D eigenvalue weighted by Crippen LogP contribution is 2.67. The van der Waals surface area contributed by atoms with Crippen LogP contribution in [-0.4, -0.2) is 11.1 Å². The number of hydrogen-bond donors (Lipinski definition) is 1. The van der Waals surface area contributed by atoms with Crippen LogP contribution in [0.3, 0.4) is 0 Å². The molecule has 5 aliphatic carbocycles. The number of carboxylic acid groups (broad SMARTS) is 1. The molecule has 0 radical (unpaired) electrons. The maximum Gasteiger partial charge on any atom is 0.309 e. The van der Waals surface area contributed by atoms with Crippen LogP contribution in [0.5, 0.6) is 0 Å². The Morgan fingerprint density at radius 1 is 0.968 bits per heavy atom. The average Bonchev–Trinajstić information content (AvgIpc) is 2.74. The molecule has 4 saturated carbocycles. The van der Waals surface area contributed by atoms with Crippen molar-refractivity contribution in [3.05, 3.63) is 11.6 Å². The van der Waals surface area contributed by atoms with Crippen LogP contribution in [0.2, 0.25) is 0 Å². The lowest BCUT2D eigenvalue weighted by molar-refractivity contribution is -0.172. The van der Waals surface area contributed by atoms with Gasteiger partial charge in [0.15, 0.2) is 0 Å². The zero-order valence-corrected chi connectivity index (χ0v) is 21.2. The van der Waals surface area contributed by atoms with Crippen LogP contribution in [0.1, 0.15) is 112 Å². The molecule has 8 unspecified atom stereocenters. The fourth-order valence-electron chi connectivity index (χ4n) is 9.97. The van der Waals surface area contributed by atoms with Gasteiger partial charge in [-0.05, 0) is 105 Å². The summed E-state index contributed by atoms with van der Waals surface area (Å²) in [5.74, 6) is 3.79. The van der Waals surface area contributed by atoms with Crippen LogP contribution in [0, 0.1) is 51.8 Å². The van der Waals surface area contributed by atoms with E-state index in [9.17, 15) is 9.90 Å². The number of hydrogen-bond acceptors (Lipinski definition) is 1. The lowest BCUT2D eigenvalue weighted by Crippen LogP contribution is -2.57. The van der Waals surface area contributed by atoms with Crippen LogP contribution >= 0.6 is 0 Å². The second-order valence-corrected chi connectivity index (χ2v) is 12.6. The van der Waals surface area contributed by atoms with E-state index in [4.69, 9.17) is 0 Å². The van der Waals surface area contributed by atoms with E-state index in [0.717, 1.165) is 42.9 Å². The Hall–Kier alpha value is -0.790. The third kappa shape index (κ3) is 3.36. The van der Waals surface area contributed by atoms with Crippen LogP contribution in [-0.2, 0) is 4.79 Å². The number of fused-ring (bicyclic) bond motifs is 7. The van der Waals surface area contributed by atoms with Gasteiger partial charge in [0.25, 0.3) is 0 Å². The molecule has 0 amide bonds. The first kappa shape index (κ1) is 23.4. The molecule has 0 aromatic carbocycles. The van der Waals surface area contributed by atoms with E-state index >= 15 is 0 Å². The molecule has 0 heterocycles. The quantitative estimate of drug-likeness (QED) is 0.428. The Kier molecular flexibility index (Phi) is 6.19. The van der Waals surface area contributed by atoms with Gasteiger partial charge >= 0.3 is 5.97 Å². The molecule has 5 rings (SSSR count). The van der Waals surface area contributed by atoms with Crippen molar-refractivity contribution in [2.45, 2.75) is 112 Å². The second kappa shape index (κ2) is 8.21. The van der Waals surface area contributed by atoms with Gasteiger partial charge < -0.3 is 5.11 Å². The SMILES string of the molecule is CC.CC1CCCC2(C)CCC3C(=CCC4C3CCC3C4(C)CCC[C@]3(C)C(=O)O)C12. The highest BCUT2D eigenvalue weighted by atomic mass is 16.4. The molecule has 2 heteroatoms. The Bertz CT molecular complexity index is 724. The van der Waals surface area contributed by atoms with E-state index in [1.807, 2.05) is 19.4 Å². The Balaban J connectivity index is 0.00000112. The van der Waals surface area contributed by atoms with Gasteiger partial charge in [0.2, 0.25) is 0 Å². The minimum atomic E-state index is -0.539. The second-order valence-electron chi connectivity index (χ2n) is 12.6. The van der Waals surface area contributed by atoms with Crippen molar-refractivity contribution in [1.82, 2.24) is 0 Å². The van der Waals surface area contributed by atoms with Gasteiger partial charge in [0, 0.05) is 0 Å².